The van der Waals surface area contributed by atoms with E-state index in [1.807, 2.05) is 20.8 Å². The minimum absolute atomic E-state index is 0.146. The van der Waals surface area contributed by atoms with Crippen LogP contribution in [-0.2, 0) is 16.0 Å². The third kappa shape index (κ3) is 3.19. The van der Waals surface area contributed by atoms with Crippen molar-refractivity contribution in [2.45, 2.75) is 46.0 Å². The van der Waals surface area contributed by atoms with Gasteiger partial charge in [-0.05, 0) is 31.2 Å². The summed E-state index contributed by atoms with van der Waals surface area (Å²) in [5.41, 5.74) is 1.17. The highest BCUT2D eigenvalue weighted by Crippen LogP contribution is 2.46. The largest absolute Gasteiger partial charge is 0.466 e. The molecule has 2 aromatic heterocycles. The second-order valence-corrected chi connectivity index (χ2v) is 5.97. The molecule has 1 aliphatic rings. The van der Waals surface area contributed by atoms with Gasteiger partial charge in [0.25, 0.3) is 0 Å². The molecule has 4 nitrogen and oxygen atoms in total. The number of fused-ring (bicyclic) bond motifs is 3. The van der Waals surface area contributed by atoms with E-state index in [0.717, 1.165) is 23.1 Å². The molecule has 0 spiro atoms. The molecule has 0 unspecified atom stereocenters. The number of aromatic nitrogens is 2. The van der Waals surface area contributed by atoms with Crippen molar-refractivity contribution in [3.05, 3.63) is 21.9 Å². The quantitative estimate of drug-likeness (QED) is 0.621. The van der Waals surface area contributed by atoms with E-state index in [0.29, 0.717) is 18.2 Å². The second-order valence-electron chi connectivity index (χ2n) is 4.53. The topological polar surface area (TPSA) is 52.1 Å². The van der Waals surface area contributed by atoms with Gasteiger partial charge in [0.2, 0.25) is 0 Å². The van der Waals surface area contributed by atoms with Gasteiger partial charge >= 0.3 is 5.97 Å². The second kappa shape index (κ2) is 7.18. The molecule has 2 aromatic rings. The Hall–Kier alpha value is -1.20. The summed E-state index contributed by atoms with van der Waals surface area (Å²) in [6, 6.07) is 0. The summed E-state index contributed by atoms with van der Waals surface area (Å²) in [5, 5.41) is 1.41. The van der Waals surface area contributed by atoms with Crippen molar-refractivity contribution >= 4 is 39.1 Å². The Bertz CT molecular complexity index is 642. The minimum Gasteiger partial charge on any atom is -0.466 e. The Labute approximate surface area is 133 Å². The summed E-state index contributed by atoms with van der Waals surface area (Å²) in [6.45, 7) is 6.25. The summed E-state index contributed by atoms with van der Waals surface area (Å²) in [7, 11) is 0. The van der Waals surface area contributed by atoms with Crippen LogP contribution in [0.5, 0.6) is 0 Å². The Balaban J connectivity index is 0.000000774. The zero-order valence-corrected chi connectivity index (χ0v) is 14.1. The molecule has 0 bridgehead atoms. The van der Waals surface area contributed by atoms with E-state index in [1.54, 1.807) is 11.3 Å². The van der Waals surface area contributed by atoms with Crippen molar-refractivity contribution in [3.63, 3.8) is 0 Å². The van der Waals surface area contributed by atoms with Crippen LogP contribution in [0.25, 0.3) is 10.2 Å². The lowest BCUT2D eigenvalue weighted by atomic mass is 9.98. The van der Waals surface area contributed by atoms with Crippen molar-refractivity contribution in [2.75, 3.05) is 6.61 Å². The van der Waals surface area contributed by atoms with Crippen LogP contribution in [0.4, 0.5) is 0 Å². The molecule has 0 aliphatic heterocycles. The highest BCUT2D eigenvalue weighted by atomic mass is 35.5. The molecule has 3 rings (SSSR count). The molecule has 0 saturated heterocycles. The SMILES string of the molecule is CC.CCOC(=O)C[C@@H]1CCc2sc3ncnc(Cl)c3c21. The van der Waals surface area contributed by atoms with E-state index in [9.17, 15) is 4.79 Å². The Morgan fingerprint density at radius 1 is 1.48 bits per heavy atom. The Kier molecular flexibility index (Phi) is 5.53. The molecule has 1 atom stereocenters. The predicted octanol–water partition coefficient (Wildman–Crippen LogP) is 4.35. The molecule has 1 aliphatic carbocycles. The van der Waals surface area contributed by atoms with E-state index >= 15 is 0 Å². The number of esters is 1. The molecule has 2 heterocycles. The van der Waals surface area contributed by atoms with Crippen molar-refractivity contribution in [3.8, 4) is 0 Å². The maximum atomic E-state index is 11.7. The van der Waals surface area contributed by atoms with Crippen LogP contribution in [0.3, 0.4) is 0 Å². The van der Waals surface area contributed by atoms with Gasteiger partial charge in [-0.3, -0.25) is 4.79 Å². The standard InChI is InChI=1S/C13H13ClN2O2S.C2H6/c1-2-18-9(17)5-7-3-4-8-10(7)11-12(14)15-6-16-13(11)19-8;1-2/h6-7H,2-5H2,1H3;1-2H3/t7-;/m0./s1. The van der Waals surface area contributed by atoms with E-state index in [-0.39, 0.29) is 11.9 Å². The number of halogens is 1. The van der Waals surface area contributed by atoms with E-state index in [1.165, 1.54) is 16.8 Å². The van der Waals surface area contributed by atoms with Gasteiger partial charge in [0.15, 0.2) is 0 Å². The molecule has 114 valence electrons. The molecule has 21 heavy (non-hydrogen) atoms. The minimum atomic E-state index is -0.146. The third-order valence-electron chi connectivity index (χ3n) is 3.40. The first kappa shape index (κ1) is 16.2. The van der Waals surface area contributed by atoms with Crippen LogP contribution in [0.2, 0.25) is 5.15 Å². The molecule has 0 aromatic carbocycles. The molecule has 0 fully saturated rings. The lowest BCUT2D eigenvalue weighted by Crippen LogP contribution is -2.08. The van der Waals surface area contributed by atoms with Crippen molar-refractivity contribution in [1.29, 1.82) is 0 Å². The fourth-order valence-corrected chi connectivity index (χ4v) is 4.19. The number of hydrogen-bond acceptors (Lipinski definition) is 5. The average molecular weight is 327 g/mol. The third-order valence-corrected chi connectivity index (χ3v) is 4.86. The van der Waals surface area contributed by atoms with E-state index < -0.39 is 0 Å². The van der Waals surface area contributed by atoms with Gasteiger partial charge in [-0.1, -0.05) is 25.4 Å². The number of rotatable bonds is 3. The first-order valence-electron chi connectivity index (χ1n) is 7.28. The summed E-state index contributed by atoms with van der Waals surface area (Å²) in [5.74, 6) is 0.0407. The Morgan fingerprint density at radius 2 is 2.24 bits per heavy atom. The maximum Gasteiger partial charge on any atom is 0.306 e. The molecular formula is C15H19ClN2O2S. The van der Waals surface area contributed by atoms with Gasteiger partial charge in [0.05, 0.1) is 18.4 Å². The normalized spacial score (nSPS) is 16.3. The van der Waals surface area contributed by atoms with Gasteiger partial charge < -0.3 is 4.74 Å². The summed E-state index contributed by atoms with van der Waals surface area (Å²) in [6.07, 6.45) is 3.85. The van der Waals surface area contributed by atoms with Crippen LogP contribution >= 0.6 is 22.9 Å². The number of carbonyl (C=O) groups excluding carboxylic acids is 1. The average Bonchev–Trinajstić information content (AvgIpc) is 3.02. The maximum absolute atomic E-state index is 11.7. The molecular weight excluding hydrogens is 308 g/mol. The van der Waals surface area contributed by atoms with Gasteiger partial charge in [-0.15, -0.1) is 11.3 Å². The summed E-state index contributed by atoms with van der Waals surface area (Å²) >= 11 is 7.84. The van der Waals surface area contributed by atoms with Gasteiger partial charge in [0, 0.05) is 4.88 Å². The highest BCUT2D eigenvalue weighted by Gasteiger charge is 2.31. The predicted molar refractivity (Wildman–Crippen MR) is 86.1 cm³/mol. The number of nitrogens with zero attached hydrogens (tertiary/aromatic N) is 2. The molecule has 0 N–H and O–H groups in total. The molecule has 0 radical (unpaired) electrons. The highest BCUT2D eigenvalue weighted by molar-refractivity contribution is 7.19. The van der Waals surface area contributed by atoms with Crippen LogP contribution < -0.4 is 0 Å². The number of hydrogen-bond donors (Lipinski definition) is 0. The zero-order chi connectivity index (χ0) is 15.4. The van der Waals surface area contributed by atoms with Crippen molar-refractivity contribution in [1.82, 2.24) is 9.97 Å². The Morgan fingerprint density at radius 3 is 2.95 bits per heavy atom. The van der Waals surface area contributed by atoms with Gasteiger partial charge in [0.1, 0.15) is 16.3 Å². The van der Waals surface area contributed by atoms with Gasteiger partial charge in [-0.25, -0.2) is 9.97 Å². The number of ether oxygens (including phenoxy) is 1. The van der Waals surface area contributed by atoms with Crippen LogP contribution in [0, 0.1) is 0 Å². The lowest BCUT2D eigenvalue weighted by Gasteiger charge is -2.10. The number of thiophene rings is 1. The van der Waals surface area contributed by atoms with Crippen molar-refractivity contribution in [2.24, 2.45) is 0 Å². The first-order chi connectivity index (χ1) is 10.2. The summed E-state index contributed by atoms with van der Waals surface area (Å²) in [4.78, 5) is 22.2. The van der Waals surface area contributed by atoms with E-state index in [4.69, 9.17) is 16.3 Å². The van der Waals surface area contributed by atoms with Crippen LogP contribution in [0.15, 0.2) is 6.33 Å². The van der Waals surface area contributed by atoms with E-state index in [2.05, 4.69) is 9.97 Å². The van der Waals surface area contributed by atoms with Crippen LogP contribution in [-0.4, -0.2) is 22.5 Å². The lowest BCUT2D eigenvalue weighted by molar-refractivity contribution is -0.143. The molecule has 6 heteroatoms. The smallest absolute Gasteiger partial charge is 0.306 e. The molecule has 0 amide bonds. The monoisotopic (exact) mass is 326 g/mol. The zero-order valence-electron chi connectivity index (χ0n) is 12.5. The number of aryl methyl sites for hydroxylation is 1. The molecule has 0 saturated carbocycles. The summed E-state index contributed by atoms with van der Waals surface area (Å²) < 4.78 is 5.04. The van der Waals surface area contributed by atoms with Gasteiger partial charge in [-0.2, -0.15) is 0 Å². The van der Waals surface area contributed by atoms with Crippen LogP contribution in [0.1, 0.15) is 50.0 Å². The number of carbonyl (C=O) groups is 1. The van der Waals surface area contributed by atoms with Crippen molar-refractivity contribution < 1.29 is 9.53 Å². The first-order valence-corrected chi connectivity index (χ1v) is 8.47. The fourth-order valence-electron chi connectivity index (χ4n) is 2.66. The fraction of sp³-hybridized carbons (Fsp3) is 0.533.